The van der Waals surface area contributed by atoms with Crippen molar-refractivity contribution in [1.29, 1.82) is 0 Å². The first-order valence-electron chi connectivity index (χ1n) is 10.1. The molecule has 1 aromatic carbocycles. The number of fused-ring (bicyclic) bond motifs is 1. The fraction of sp³-hybridized carbons (Fsp3) is 0.273. The lowest BCUT2D eigenvalue weighted by atomic mass is 10.2. The Kier molecular flexibility index (Phi) is 6.83. The van der Waals surface area contributed by atoms with Crippen LogP contribution in [0.4, 0.5) is 0 Å². The van der Waals surface area contributed by atoms with Gasteiger partial charge in [-0.15, -0.1) is 10.2 Å². The summed E-state index contributed by atoms with van der Waals surface area (Å²) in [6.45, 7) is 3.73. The van der Waals surface area contributed by atoms with Crippen molar-refractivity contribution in [1.82, 2.24) is 25.1 Å². The van der Waals surface area contributed by atoms with Gasteiger partial charge in [0.2, 0.25) is 5.91 Å². The summed E-state index contributed by atoms with van der Waals surface area (Å²) in [6.07, 6.45) is 4.06. The van der Waals surface area contributed by atoms with Gasteiger partial charge in [0.05, 0.1) is 18.6 Å². The summed E-state index contributed by atoms with van der Waals surface area (Å²) in [5, 5.41) is 13.0. The van der Waals surface area contributed by atoms with Crippen LogP contribution in [0, 0.1) is 0 Å². The molecule has 0 atom stereocenters. The third kappa shape index (κ3) is 5.05. The summed E-state index contributed by atoms with van der Waals surface area (Å²) in [5.41, 5.74) is 0.847. The number of furan rings is 1. The number of hydrogen-bond acceptors (Lipinski definition) is 7. The molecule has 0 bridgehead atoms. The lowest BCUT2D eigenvalue weighted by Crippen LogP contribution is -2.27. The Bertz CT molecular complexity index is 1140. The van der Waals surface area contributed by atoms with Crippen LogP contribution in [-0.4, -0.2) is 44.6 Å². The van der Waals surface area contributed by atoms with E-state index in [4.69, 9.17) is 9.15 Å². The standard InChI is InChI=1S/C22H23N5O3S/c1-2-27-21(18-10-5-13-30-18)25-26-22(27)31-15-19(28)23-12-6-14-29-17-9-3-7-16-8-4-11-24-20(16)17/h3-5,7-11,13H,2,6,12,14-15H2,1H3,(H,23,28). The van der Waals surface area contributed by atoms with E-state index in [0.29, 0.717) is 42.9 Å². The van der Waals surface area contributed by atoms with Gasteiger partial charge in [0.25, 0.3) is 0 Å². The molecule has 0 saturated carbocycles. The van der Waals surface area contributed by atoms with Gasteiger partial charge in [0.1, 0.15) is 11.3 Å². The molecule has 0 aliphatic rings. The molecule has 0 radical (unpaired) electrons. The molecule has 1 N–H and O–H groups in total. The number of para-hydroxylation sites is 1. The quantitative estimate of drug-likeness (QED) is 0.298. The van der Waals surface area contributed by atoms with Crippen molar-refractivity contribution in [2.24, 2.45) is 0 Å². The lowest BCUT2D eigenvalue weighted by molar-refractivity contribution is -0.118. The summed E-state index contributed by atoms with van der Waals surface area (Å²) < 4.78 is 13.2. The Hall–Kier alpha value is -3.33. The number of carbonyl (C=O) groups excluding carboxylic acids is 1. The molecular formula is C22H23N5O3S. The molecule has 3 aromatic heterocycles. The number of pyridine rings is 1. The summed E-state index contributed by atoms with van der Waals surface area (Å²) in [7, 11) is 0. The van der Waals surface area contributed by atoms with Gasteiger partial charge in [-0.05, 0) is 37.6 Å². The maximum Gasteiger partial charge on any atom is 0.230 e. The molecule has 0 saturated heterocycles. The second-order valence-corrected chi connectivity index (χ2v) is 7.64. The molecule has 0 aliphatic carbocycles. The van der Waals surface area contributed by atoms with E-state index in [-0.39, 0.29) is 11.7 Å². The van der Waals surface area contributed by atoms with Crippen LogP contribution in [0.25, 0.3) is 22.5 Å². The predicted molar refractivity (Wildman–Crippen MR) is 119 cm³/mol. The molecular weight excluding hydrogens is 414 g/mol. The zero-order chi connectivity index (χ0) is 21.5. The SMILES string of the molecule is CCn1c(SCC(=O)NCCCOc2cccc3cccnc23)nnc1-c1ccco1. The number of aromatic nitrogens is 4. The summed E-state index contributed by atoms with van der Waals surface area (Å²) in [4.78, 5) is 16.6. The zero-order valence-corrected chi connectivity index (χ0v) is 18.0. The van der Waals surface area contributed by atoms with Crippen molar-refractivity contribution in [3.63, 3.8) is 0 Å². The van der Waals surface area contributed by atoms with E-state index in [9.17, 15) is 4.79 Å². The highest BCUT2D eigenvalue weighted by atomic mass is 32.2. The first-order chi connectivity index (χ1) is 15.3. The fourth-order valence-corrected chi connectivity index (χ4v) is 3.96. The average Bonchev–Trinajstić information content (AvgIpc) is 3.47. The van der Waals surface area contributed by atoms with E-state index in [1.807, 2.05) is 54.0 Å². The summed E-state index contributed by atoms with van der Waals surface area (Å²) >= 11 is 1.36. The van der Waals surface area contributed by atoms with Crippen LogP contribution in [0.1, 0.15) is 13.3 Å². The molecule has 1 amide bonds. The second kappa shape index (κ2) is 10.1. The van der Waals surface area contributed by atoms with E-state index in [0.717, 1.165) is 16.7 Å². The van der Waals surface area contributed by atoms with Crippen molar-refractivity contribution in [3.05, 3.63) is 54.9 Å². The van der Waals surface area contributed by atoms with Gasteiger partial charge in [-0.2, -0.15) is 0 Å². The molecule has 160 valence electrons. The normalized spacial score (nSPS) is 11.0. The number of nitrogens with one attached hydrogen (secondary N) is 1. The first kappa shape index (κ1) is 20.9. The van der Waals surface area contributed by atoms with E-state index in [1.54, 1.807) is 12.5 Å². The van der Waals surface area contributed by atoms with Gasteiger partial charge in [-0.3, -0.25) is 14.3 Å². The van der Waals surface area contributed by atoms with Crippen LogP contribution in [0.5, 0.6) is 5.75 Å². The van der Waals surface area contributed by atoms with Crippen molar-refractivity contribution >= 4 is 28.6 Å². The monoisotopic (exact) mass is 437 g/mol. The lowest BCUT2D eigenvalue weighted by Gasteiger charge is -2.09. The van der Waals surface area contributed by atoms with Crippen molar-refractivity contribution < 1.29 is 13.9 Å². The van der Waals surface area contributed by atoms with Gasteiger partial charge >= 0.3 is 0 Å². The molecule has 0 unspecified atom stereocenters. The van der Waals surface area contributed by atoms with E-state index < -0.39 is 0 Å². The number of nitrogens with zero attached hydrogens (tertiary/aromatic N) is 4. The maximum absolute atomic E-state index is 12.2. The Labute approximate surface area is 184 Å². The van der Waals surface area contributed by atoms with Crippen molar-refractivity contribution in [3.8, 4) is 17.3 Å². The number of amides is 1. The third-order valence-electron chi connectivity index (χ3n) is 4.60. The number of hydrogen-bond donors (Lipinski definition) is 1. The van der Waals surface area contributed by atoms with Crippen LogP contribution in [-0.2, 0) is 11.3 Å². The number of thioether (sulfide) groups is 1. The Balaban J connectivity index is 1.21. The van der Waals surface area contributed by atoms with Crippen LogP contribution in [0.3, 0.4) is 0 Å². The van der Waals surface area contributed by atoms with Crippen molar-refractivity contribution in [2.75, 3.05) is 18.9 Å². The molecule has 8 nitrogen and oxygen atoms in total. The minimum absolute atomic E-state index is 0.0537. The second-order valence-electron chi connectivity index (χ2n) is 6.70. The largest absolute Gasteiger partial charge is 0.491 e. The Morgan fingerprint density at radius 1 is 1.19 bits per heavy atom. The fourth-order valence-electron chi connectivity index (χ4n) is 3.12. The number of benzene rings is 1. The van der Waals surface area contributed by atoms with Gasteiger partial charge in [0.15, 0.2) is 16.7 Å². The molecule has 3 heterocycles. The van der Waals surface area contributed by atoms with Crippen LogP contribution < -0.4 is 10.1 Å². The number of carbonyl (C=O) groups is 1. The van der Waals surface area contributed by atoms with Crippen molar-refractivity contribution in [2.45, 2.75) is 25.0 Å². The average molecular weight is 438 g/mol. The number of ether oxygens (including phenoxy) is 1. The smallest absolute Gasteiger partial charge is 0.230 e. The molecule has 9 heteroatoms. The van der Waals surface area contributed by atoms with E-state index >= 15 is 0 Å². The van der Waals surface area contributed by atoms with E-state index in [2.05, 4.69) is 20.5 Å². The van der Waals surface area contributed by atoms with E-state index in [1.165, 1.54) is 11.8 Å². The minimum Gasteiger partial charge on any atom is -0.491 e. The maximum atomic E-state index is 12.2. The highest BCUT2D eigenvalue weighted by Crippen LogP contribution is 2.24. The molecule has 0 spiro atoms. The summed E-state index contributed by atoms with van der Waals surface area (Å²) in [5.74, 6) is 2.29. The topological polar surface area (TPSA) is 95.1 Å². The van der Waals surface area contributed by atoms with Gasteiger partial charge in [-0.1, -0.05) is 30.0 Å². The Morgan fingerprint density at radius 3 is 2.94 bits per heavy atom. The number of rotatable bonds is 10. The first-order valence-corrected chi connectivity index (χ1v) is 11.1. The molecule has 31 heavy (non-hydrogen) atoms. The van der Waals surface area contributed by atoms with Crippen LogP contribution >= 0.6 is 11.8 Å². The third-order valence-corrected chi connectivity index (χ3v) is 5.57. The van der Waals surface area contributed by atoms with Crippen LogP contribution in [0.2, 0.25) is 0 Å². The minimum atomic E-state index is -0.0537. The van der Waals surface area contributed by atoms with Crippen LogP contribution in [0.15, 0.2) is 64.5 Å². The summed E-state index contributed by atoms with van der Waals surface area (Å²) in [6, 6.07) is 13.4. The Morgan fingerprint density at radius 2 is 2.10 bits per heavy atom. The molecule has 0 aliphatic heterocycles. The van der Waals surface area contributed by atoms with Gasteiger partial charge in [0, 0.05) is 24.7 Å². The highest BCUT2D eigenvalue weighted by molar-refractivity contribution is 7.99. The van der Waals surface area contributed by atoms with Gasteiger partial charge < -0.3 is 14.5 Å². The molecule has 4 rings (SSSR count). The molecule has 0 fully saturated rings. The highest BCUT2D eigenvalue weighted by Gasteiger charge is 2.16. The zero-order valence-electron chi connectivity index (χ0n) is 17.2. The van der Waals surface area contributed by atoms with Gasteiger partial charge in [-0.25, -0.2) is 0 Å². The molecule has 4 aromatic rings. The predicted octanol–water partition coefficient (Wildman–Crippen LogP) is 3.78.